The van der Waals surface area contributed by atoms with Crippen LogP contribution >= 0.6 is 0 Å². The molecule has 0 spiro atoms. The normalized spacial score (nSPS) is 16.7. The lowest BCUT2D eigenvalue weighted by Gasteiger charge is -2.35. The molecule has 0 radical (unpaired) electrons. The molecule has 1 unspecified atom stereocenters. The van der Waals surface area contributed by atoms with Gasteiger partial charge in [-0.2, -0.15) is 0 Å². The minimum atomic E-state index is -0.841. The van der Waals surface area contributed by atoms with E-state index in [-0.39, 0.29) is 0 Å². The maximum absolute atomic E-state index is 13.8. The number of carbonyl (C=O) groups is 1. The zero-order valence-electron chi connectivity index (χ0n) is 13.7. The highest BCUT2D eigenvalue weighted by atomic mass is 19.1. The Hall–Kier alpha value is -2.31. The smallest absolute Gasteiger partial charge is 0.259 e. The lowest BCUT2D eigenvalue weighted by molar-refractivity contribution is 0.0520. The SMILES string of the molecule is O=C(c1c(F)cccc1F)N1CCN(CC(O)c2ccccc2)CC1. The third-order valence-electron chi connectivity index (χ3n) is 4.45. The number of aliphatic hydroxyl groups excluding tert-OH is 1. The predicted octanol–water partition coefficient (Wildman–Crippen LogP) is 2.46. The van der Waals surface area contributed by atoms with Crippen molar-refractivity contribution < 1.29 is 18.7 Å². The van der Waals surface area contributed by atoms with Crippen molar-refractivity contribution >= 4 is 5.91 Å². The first-order valence-electron chi connectivity index (χ1n) is 8.25. The highest BCUT2D eigenvalue weighted by Gasteiger charge is 2.27. The maximum atomic E-state index is 13.8. The first-order valence-corrected chi connectivity index (χ1v) is 8.25. The fourth-order valence-electron chi connectivity index (χ4n) is 3.02. The molecule has 1 aliphatic rings. The highest BCUT2D eigenvalue weighted by Crippen LogP contribution is 2.18. The molecule has 0 aromatic heterocycles. The van der Waals surface area contributed by atoms with Crippen LogP contribution in [0.2, 0.25) is 0 Å². The van der Waals surface area contributed by atoms with E-state index >= 15 is 0 Å². The van der Waals surface area contributed by atoms with Crippen LogP contribution in [0.4, 0.5) is 8.78 Å². The fraction of sp³-hybridized carbons (Fsp3) is 0.316. The summed E-state index contributed by atoms with van der Waals surface area (Å²) in [7, 11) is 0. The van der Waals surface area contributed by atoms with Crippen molar-refractivity contribution in [3.8, 4) is 0 Å². The number of piperazine rings is 1. The van der Waals surface area contributed by atoms with Gasteiger partial charge in [-0.3, -0.25) is 9.69 Å². The molecular formula is C19H20F2N2O2. The van der Waals surface area contributed by atoms with Gasteiger partial charge in [0, 0.05) is 32.7 Å². The Morgan fingerprint density at radius 1 is 0.960 bits per heavy atom. The first-order chi connectivity index (χ1) is 12.1. The van der Waals surface area contributed by atoms with Crippen LogP contribution < -0.4 is 0 Å². The minimum absolute atomic E-state index is 0.369. The summed E-state index contributed by atoms with van der Waals surface area (Å²) >= 11 is 0. The van der Waals surface area contributed by atoms with E-state index in [1.165, 1.54) is 11.0 Å². The van der Waals surface area contributed by atoms with Crippen molar-refractivity contribution in [2.75, 3.05) is 32.7 Å². The monoisotopic (exact) mass is 346 g/mol. The number of β-amino-alcohol motifs (C(OH)–C–C–N with tert-alkyl or cyclic N) is 1. The molecule has 3 rings (SSSR count). The van der Waals surface area contributed by atoms with Crippen LogP contribution in [0, 0.1) is 11.6 Å². The Morgan fingerprint density at radius 3 is 2.16 bits per heavy atom. The number of benzene rings is 2. The van der Waals surface area contributed by atoms with Crippen LogP contribution in [0.25, 0.3) is 0 Å². The molecule has 0 bridgehead atoms. The Bertz CT molecular complexity index is 711. The lowest BCUT2D eigenvalue weighted by Crippen LogP contribution is -2.49. The molecule has 132 valence electrons. The van der Waals surface area contributed by atoms with E-state index in [2.05, 4.69) is 0 Å². The van der Waals surface area contributed by atoms with Gasteiger partial charge in [0.15, 0.2) is 0 Å². The van der Waals surface area contributed by atoms with Crippen LogP contribution in [0.5, 0.6) is 0 Å². The van der Waals surface area contributed by atoms with E-state index in [1.54, 1.807) is 0 Å². The van der Waals surface area contributed by atoms with E-state index < -0.39 is 29.2 Å². The van der Waals surface area contributed by atoms with Gasteiger partial charge in [-0.1, -0.05) is 36.4 Å². The van der Waals surface area contributed by atoms with Crippen molar-refractivity contribution in [3.63, 3.8) is 0 Å². The number of hydrogen-bond donors (Lipinski definition) is 1. The predicted molar refractivity (Wildman–Crippen MR) is 90.1 cm³/mol. The van der Waals surface area contributed by atoms with Gasteiger partial charge in [-0.25, -0.2) is 8.78 Å². The molecule has 1 heterocycles. The van der Waals surface area contributed by atoms with Crippen molar-refractivity contribution in [2.45, 2.75) is 6.10 Å². The maximum Gasteiger partial charge on any atom is 0.259 e. The van der Waals surface area contributed by atoms with E-state index in [1.807, 2.05) is 35.2 Å². The van der Waals surface area contributed by atoms with Gasteiger partial charge in [0.1, 0.15) is 17.2 Å². The van der Waals surface area contributed by atoms with Crippen molar-refractivity contribution in [2.24, 2.45) is 0 Å². The van der Waals surface area contributed by atoms with Gasteiger partial charge in [0.2, 0.25) is 0 Å². The Labute approximate surface area is 145 Å². The van der Waals surface area contributed by atoms with Crippen molar-refractivity contribution in [1.82, 2.24) is 9.80 Å². The molecule has 1 amide bonds. The van der Waals surface area contributed by atoms with Crippen molar-refractivity contribution in [3.05, 3.63) is 71.3 Å². The second-order valence-electron chi connectivity index (χ2n) is 6.12. The largest absolute Gasteiger partial charge is 0.387 e. The summed E-state index contributed by atoms with van der Waals surface area (Å²) in [4.78, 5) is 15.9. The van der Waals surface area contributed by atoms with E-state index in [0.717, 1.165) is 17.7 Å². The van der Waals surface area contributed by atoms with Gasteiger partial charge in [0.05, 0.1) is 6.10 Å². The molecule has 6 heteroatoms. The highest BCUT2D eigenvalue weighted by molar-refractivity contribution is 5.94. The number of rotatable bonds is 4. The number of halogens is 2. The molecule has 25 heavy (non-hydrogen) atoms. The number of hydrogen-bond acceptors (Lipinski definition) is 3. The van der Waals surface area contributed by atoms with Gasteiger partial charge in [0.25, 0.3) is 5.91 Å². The fourth-order valence-corrected chi connectivity index (χ4v) is 3.02. The van der Waals surface area contributed by atoms with Crippen LogP contribution in [-0.2, 0) is 0 Å². The average molecular weight is 346 g/mol. The van der Waals surface area contributed by atoms with Gasteiger partial charge in [-0.15, -0.1) is 0 Å². The molecule has 2 aromatic carbocycles. The summed E-state index contributed by atoms with van der Waals surface area (Å²) in [6, 6.07) is 12.8. The third kappa shape index (κ3) is 4.03. The topological polar surface area (TPSA) is 43.8 Å². The van der Waals surface area contributed by atoms with Crippen molar-refractivity contribution in [1.29, 1.82) is 0 Å². The standard InChI is InChI=1S/C19H20F2N2O2/c20-15-7-4-8-16(21)18(15)19(25)23-11-9-22(10-12-23)13-17(24)14-5-2-1-3-6-14/h1-8,17,24H,9-13H2. The van der Waals surface area contributed by atoms with Crippen LogP contribution in [-0.4, -0.2) is 53.5 Å². The summed E-state index contributed by atoms with van der Waals surface area (Å²) < 4.78 is 27.5. The molecule has 1 N–H and O–H groups in total. The van der Waals surface area contributed by atoms with E-state index in [0.29, 0.717) is 32.7 Å². The second-order valence-corrected chi connectivity index (χ2v) is 6.12. The molecule has 1 fully saturated rings. The molecular weight excluding hydrogens is 326 g/mol. The quantitative estimate of drug-likeness (QED) is 0.925. The summed E-state index contributed by atoms with van der Waals surface area (Å²) in [6.45, 7) is 2.29. The molecule has 1 atom stereocenters. The van der Waals surface area contributed by atoms with Crippen LogP contribution in [0.3, 0.4) is 0 Å². The molecule has 0 aliphatic carbocycles. The molecule has 2 aromatic rings. The minimum Gasteiger partial charge on any atom is -0.387 e. The Balaban J connectivity index is 1.58. The summed E-state index contributed by atoms with van der Waals surface area (Å²) in [5.41, 5.74) is 0.342. The van der Waals surface area contributed by atoms with E-state index in [9.17, 15) is 18.7 Å². The molecule has 0 saturated carbocycles. The first kappa shape index (κ1) is 17.5. The third-order valence-corrected chi connectivity index (χ3v) is 4.45. The van der Waals surface area contributed by atoms with Crippen LogP contribution in [0.15, 0.2) is 48.5 Å². The molecule has 1 aliphatic heterocycles. The average Bonchev–Trinajstić information content (AvgIpc) is 2.63. The van der Waals surface area contributed by atoms with Gasteiger partial charge < -0.3 is 10.0 Å². The lowest BCUT2D eigenvalue weighted by atomic mass is 10.1. The number of nitrogens with zero attached hydrogens (tertiary/aromatic N) is 2. The zero-order valence-corrected chi connectivity index (χ0v) is 13.7. The number of aliphatic hydroxyl groups is 1. The summed E-state index contributed by atoms with van der Waals surface area (Å²) in [6.07, 6.45) is -0.604. The van der Waals surface area contributed by atoms with Gasteiger partial charge >= 0.3 is 0 Å². The second kappa shape index (κ2) is 7.72. The number of amides is 1. The number of carbonyl (C=O) groups excluding carboxylic acids is 1. The Morgan fingerprint density at radius 2 is 1.56 bits per heavy atom. The Kier molecular flexibility index (Phi) is 5.40. The molecule has 4 nitrogen and oxygen atoms in total. The summed E-state index contributed by atoms with van der Waals surface area (Å²) in [5.74, 6) is -2.31. The molecule has 1 saturated heterocycles. The van der Waals surface area contributed by atoms with Crippen LogP contribution in [0.1, 0.15) is 22.0 Å². The summed E-state index contributed by atoms with van der Waals surface area (Å²) in [5, 5.41) is 10.3. The zero-order chi connectivity index (χ0) is 17.8. The van der Waals surface area contributed by atoms with Gasteiger partial charge in [-0.05, 0) is 17.7 Å². The van der Waals surface area contributed by atoms with E-state index in [4.69, 9.17) is 0 Å².